The van der Waals surface area contributed by atoms with E-state index in [0.29, 0.717) is 49.0 Å². The number of imidazole rings is 1. The van der Waals surface area contributed by atoms with Crippen LogP contribution in [0.4, 0.5) is 10.2 Å². The molecule has 0 saturated carbocycles. The average molecular weight is 584 g/mol. The summed E-state index contributed by atoms with van der Waals surface area (Å²) in [5, 5.41) is 21.5. The number of benzene rings is 2. The van der Waals surface area contributed by atoms with E-state index in [0.717, 1.165) is 58.5 Å². The number of aromatic nitrogens is 6. The minimum Gasteiger partial charge on any atom is -0.505 e. The molecule has 5 aromatic rings. The van der Waals surface area contributed by atoms with Crippen molar-refractivity contribution >= 4 is 22.6 Å². The molecule has 0 unspecified atom stereocenters. The van der Waals surface area contributed by atoms with Gasteiger partial charge in [0, 0.05) is 30.6 Å². The van der Waals surface area contributed by atoms with E-state index in [1.54, 1.807) is 11.1 Å². The van der Waals surface area contributed by atoms with E-state index in [1.165, 1.54) is 18.3 Å². The van der Waals surface area contributed by atoms with Crippen molar-refractivity contribution in [1.82, 2.24) is 39.9 Å². The summed E-state index contributed by atoms with van der Waals surface area (Å²) in [6.45, 7) is 4.61. The number of aromatic amines is 2. The van der Waals surface area contributed by atoms with Gasteiger partial charge in [0.05, 0.1) is 30.1 Å². The largest absolute Gasteiger partial charge is 0.505 e. The molecular formula is C31H34FN9O2. The highest BCUT2D eigenvalue weighted by Crippen LogP contribution is 2.34. The first-order chi connectivity index (χ1) is 20.8. The van der Waals surface area contributed by atoms with Gasteiger partial charge in [-0.3, -0.25) is 9.89 Å². The monoisotopic (exact) mass is 583 g/mol. The molecule has 4 N–H and O–H groups in total. The number of anilines is 1. The lowest BCUT2D eigenvalue weighted by molar-refractivity contribution is 0.0725. The minimum absolute atomic E-state index is 0.184. The standard InChI is InChI=1S/C31H34FN9O2/c1-4-18-13-27(42)22(32)14-21(18)19-6-7-20-24(12-19)38-39-29(20)30-36-23-8-11-41(17-26(23)37-30)31(43)25-15-35-28(16-34-25)33-9-5-10-40(2)3/h6-7,12-16,42H,4-5,8-11,17H2,1-3H3,(H,33,35)(H,36,37)(H,38,39). The van der Waals surface area contributed by atoms with E-state index in [2.05, 4.69) is 35.4 Å². The lowest BCUT2D eigenvalue weighted by Gasteiger charge is -2.25. The molecule has 0 saturated heterocycles. The van der Waals surface area contributed by atoms with E-state index in [1.807, 2.05) is 39.2 Å². The molecule has 3 aromatic heterocycles. The summed E-state index contributed by atoms with van der Waals surface area (Å²) >= 11 is 0. The molecule has 1 amide bonds. The van der Waals surface area contributed by atoms with Crippen molar-refractivity contribution in [2.75, 3.05) is 39.0 Å². The lowest BCUT2D eigenvalue weighted by Crippen LogP contribution is -2.36. The Labute approximate surface area is 248 Å². The zero-order valence-corrected chi connectivity index (χ0v) is 24.4. The van der Waals surface area contributed by atoms with Crippen molar-refractivity contribution in [2.45, 2.75) is 32.7 Å². The molecular weight excluding hydrogens is 549 g/mol. The number of nitrogens with one attached hydrogen (secondary N) is 3. The fourth-order valence-electron chi connectivity index (χ4n) is 5.41. The maximum Gasteiger partial charge on any atom is 0.274 e. The van der Waals surface area contributed by atoms with Gasteiger partial charge in [0.15, 0.2) is 17.4 Å². The second-order valence-electron chi connectivity index (χ2n) is 11.0. The van der Waals surface area contributed by atoms with Crippen LogP contribution >= 0.6 is 0 Å². The molecule has 222 valence electrons. The molecule has 0 atom stereocenters. The molecule has 12 heteroatoms. The maximum absolute atomic E-state index is 14.2. The molecule has 0 spiro atoms. The Balaban J connectivity index is 1.16. The zero-order chi connectivity index (χ0) is 30.1. The molecule has 43 heavy (non-hydrogen) atoms. The van der Waals surface area contributed by atoms with Gasteiger partial charge in [0.1, 0.15) is 17.2 Å². The van der Waals surface area contributed by atoms with Gasteiger partial charge in [-0.2, -0.15) is 5.10 Å². The molecule has 2 aromatic carbocycles. The summed E-state index contributed by atoms with van der Waals surface area (Å²) in [6.07, 6.45) is 5.38. The Hall–Kier alpha value is -4.84. The topological polar surface area (TPSA) is 139 Å². The van der Waals surface area contributed by atoms with Crippen molar-refractivity contribution in [3.63, 3.8) is 0 Å². The van der Waals surface area contributed by atoms with Crippen LogP contribution < -0.4 is 5.32 Å². The van der Waals surface area contributed by atoms with Gasteiger partial charge in [0.2, 0.25) is 0 Å². The molecule has 6 rings (SSSR count). The summed E-state index contributed by atoms with van der Waals surface area (Å²) in [6, 6.07) is 8.62. The summed E-state index contributed by atoms with van der Waals surface area (Å²) < 4.78 is 14.2. The van der Waals surface area contributed by atoms with E-state index in [9.17, 15) is 14.3 Å². The number of H-pyrrole nitrogens is 2. The van der Waals surface area contributed by atoms with Crippen molar-refractivity contribution in [2.24, 2.45) is 0 Å². The predicted octanol–water partition coefficient (Wildman–Crippen LogP) is 4.38. The van der Waals surface area contributed by atoms with Crippen molar-refractivity contribution < 1.29 is 14.3 Å². The van der Waals surface area contributed by atoms with Crippen molar-refractivity contribution in [1.29, 1.82) is 0 Å². The number of halogens is 1. The van der Waals surface area contributed by atoms with Crippen LogP contribution in [0, 0.1) is 5.82 Å². The van der Waals surface area contributed by atoms with Crippen LogP contribution in [0.5, 0.6) is 5.75 Å². The van der Waals surface area contributed by atoms with Gasteiger partial charge >= 0.3 is 0 Å². The first-order valence-corrected chi connectivity index (χ1v) is 14.4. The normalized spacial score (nSPS) is 13.1. The number of carbonyl (C=O) groups is 1. The molecule has 0 bridgehead atoms. The van der Waals surface area contributed by atoms with Crippen LogP contribution in [0.25, 0.3) is 33.5 Å². The number of hydrogen-bond donors (Lipinski definition) is 4. The van der Waals surface area contributed by atoms with Gasteiger partial charge in [0.25, 0.3) is 5.91 Å². The van der Waals surface area contributed by atoms with Crippen molar-refractivity contribution in [3.8, 4) is 28.4 Å². The predicted molar refractivity (Wildman–Crippen MR) is 162 cm³/mol. The van der Waals surface area contributed by atoms with Crippen molar-refractivity contribution in [3.05, 3.63) is 71.2 Å². The number of hydrogen-bond acceptors (Lipinski definition) is 8. The van der Waals surface area contributed by atoms with Crippen LogP contribution in [0.1, 0.15) is 40.8 Å². The maximum atomic E-state index is 14.2. The highest BCUT2D eigenvalue weighted by Gasteiger charge is 2.27. The fourth-order valence-corrected chi connectivity index (χ4v) is 5.41. The van der Waals surface area contributed by atoms with E-state index >= 15 is 0 Å². The molecule has 0 fully saturated rings. The third kappa shape index (κ3) is 5.78. The van der Waals surface area contributed by atoms with Gasteiger partial charge in [-0.15, -0.1) is 0 Å². The average Bonchev–Trinajstić information content (AvgIpc) is 3.63. The van der Waals surface area contributed by atoms with Crippen LogP contribution in [0.3, 0.4) is 0 Å². The first-order valence-electron chi connectivity index (χ1n) is 14.4. The summed E-state index contributed by atoms with van der Waals surface area (Å²) in [7, 11) is 4.07. The zero-order valence-electron chi connectivity index (χ0n) is 24.4. The van der Waals surface area contributed by atoms with E-state index < -0.39 is 5.82 Å². The number of aromatic hydroxyl groups is 1. The van der Waals surface area contributed by atoms with Gasteiger partial charge < -0.3 is 25.2 Å². The Bertz CT molecular complexity index is 1780. The molecule has 1 aliphatic rings. The molecule has 1 aliphatic heterocycles. The van der Waals surface area contributed by atoms with Crippen LogP contribution in [0.15, 0.2) is 42.7 Å². The minimum atomic E-state index is -0.654. The third-order valence-electron chi connectivity index (χ3n) is 7.73. The second-order valence-corrected chi connectivity index (χ2v) is 11.0. The molecule has 0 radical (unpaired) electrons. The Kier molecular flexibility index (Phi) is 7.76. The van der Waals surface area contributed by atoms with Crippen LogP contribution in [-0.4, -0.2) is 84.7 Å². The summed E-state index contributed by atoms with van der Waals surface area (Å²) in [4.78, 5) is 34.0. The number of fused-ring (bicyclic) bond motifs is 2. The number of phenolic OH excluding ortho intramolecular Hbond substituents is 1. The van der Waals surface area contributed by atoms with Gasteiger partial charge in [-0.1, -0.05) is 13.0 Å². The number of amides is 1. The van der Waals surface area contributed by atoms with Crippen LogP contribution in [0.2, 0.25) is 0 Å². The highest BCUT2D eigenvalue weighted by molar-refractivity contribution is 5.94. The van der Waals surface area contributed by atoms with Gasteiger partial charge in [-0.05, 0) is 74.4 Å². The number of aryl methyl sites for hydroxylation is 1. The SMILES string of the molecule is CCc1cc(O)c(F)cc1-c1ccc2c(-c3nc4c([nH]3)CCN(C(=O)c3cnc(NCCCN(C)C)cn3)C4)n[nH]c2c1. The second kappa shape index (κ2) is 11.8. The molecule has 4 heterocycles. The molecule has 11 nitrogen and oxygen atoms in total. The smallest absolute Gasteiger partial charge is 0.274 e. The third-order valence-corrected chi connectivity index (χ3v) is 7.73. The Morgan fingerprint density at radius 3 is 2.81 bits per heavy atom. The summed E-state index contributed by atoms with van der Waals surface area (Å²) in [5.74, 6) is 0.0767. The lowest BCUT2D eigenvalue weighted by atomic mass is 9.96. The number of carbonyl (C=O) groups excluding carboxylic acids is 1. The van der Waals surface area contributed by atoms with E-state index in [4.69, 9.17) is 4.98 Å². The first kappa shape index (κ1) is 28.3. The molecule has 0 aliphatic carbocycles. The Morgan fingerprint density at radius 2 is 2.05 bits per heavy atom. The summed E-state index contributed by atoms with van der Waals surface area (Å²) in [5.41, 5.74) is 5.91. The Morgan fingerprint density at radius 1 is 1.19 bits per heavy atom. The van der Waals surface area contributed by atoms with Gasteiger partial charge in [-0.25, -0.2) is 19.3 Å². The number of rotatable bonds is 9. The number of phenols is 1. The van der Waals surface area contributed by atoms with Crippen LogP contribution in [-0.2, 0) is 19.4 Å². The quantitative estimate of drug-likeness (QED) is 0.188. The fraction of sp³-hybridized carbons (Fsp3) is 0.323. The van der Waals surface area contributed by atoms with E-state index in [-0.39, 0.29) is 11.7 Å². The highest BCUT2D eigenvalue weighted by atomic mass is 19.1. The number of nitrogens with zero attached hydrogens (tertiary/aromatic N) is 6.